The van der Waals surface area contributed by atoms with Gasteiger partial charge in [0.25, 0.3) is 5.56 Å². The van der Waals surface area contributed by atoms with E-state index in [1.165, 1.54) is 11.6 Å². The summed E-state index contributed by atoms with van der Waals surface area (Å²) in [5, 5.41) is 6.98. The molecule has 3 aromatic rings. The van der Waals surface area contributed by atoms with Gasteiger partial charge in [-0.2, -0.15) is 0 Å². The summed E-state index contributed by atoms with van der Waals surface area (Å²) in [5.41, 5.74) is 2.42. The third-order valence-electron chi connectivity index (χ3n) is 3.64. The minimum Gasteiger partial charge on any atom is -0.318 e. The number of benzene rings is 2. The zero-order valence-corrected chi connectivity index (χ0v) is 13.9. The molecule has 6 nitrogen and oxygen atoms in total. The number of nitrogens with one attached hydrogen (secondary N) is 1. The molecule has 0 aliphatic carbocycles. The molecule has 0 saturated heterocycles. The van der Waals surface area contributed by atoms with Gasteiger partial charge in [0.2, 0.25) is 0 Å². The number of nitrogens with zero attached hydrogens (tertiary/aromatic N) is 2. The number of aromatic amines is 1. The first kappa shape index (κ1) is 16.4. The number of rotatable bonds is 4. The fourth-order valence-electron chi connectivity index (χ4n) is 2.53. The average Bonchev–Trinajstić information content (AvgIpc) is 2.92. The Morgan fingerprint density at radius 3 is 2.24 bits per heavy atom. The normalized spacial score (nSPS) is 11.4. The van der Waals surface area contributed by atoms with Crippen molar-refractivity contribution in [3.05, 3.63) is 87.8 Å². The summed E-state index contributed by atoms with van der Waals surface area (Å²) in [7, 11) is 0. The van der Waals surface area contributed by atoms with Crippen LogP contribution >= 0.6 is 0 Å². The molecule has 0 spiro atoms. The van der Waals surface area contributed by atoms with Crippen LogP contribution in [-0.2, 0) is 9.63 Å². The van der Waals surface area contributed by atoms with Crippen LogP contribution in [0.25, 0.3) is 5.69 Å². The van der Waals surface area contributed by atoms with E-state index < -0.39 is 5.97 Å². The van der Waals surface area contributed by atoms with E-state index in [1.807, 2.05) is 48.5 Å². The second-order valence-electron chi connectivity index (χ2n) is 5.48. The van der Waals surface area contributed by atoms with Gasteiger partial charge in [-0.15, -0.1) is 0 Å². The number of aromatic nitrogens is 2. The molecule has 0 aliphatic heterocycles. The van der Waals surface area contributed by atoms with Crippen molar-refractivity contribution in [1.82, 2.24) is 9.78 Å². The average molecular weight is 335 g/mol. The van der Waals surface area contributed by atoms with Gasteiger partial charge in [-0.25, -0.2) is 9.48 Å². The fourth-order valence-corrected chi connectivity index (χ4v) is 2.53. The maximum absolute atomic E-state index is 13.0. The van der Waals surface area contributed by atoms with Crippen LogP contribution in [0.1, 0.15) is 23.7 Å². The van der Waals surface area contributed by atoms with Gasteiger partial charge in [-0.3, -0.25) is 9.89 Å². The van der Waals surface area contributed by atoms with Gasteiger partial charge in [0.1, 0.15) is 5.71 Å². The zero-order valence-electron chi connectivity index (χ0n) is 13.9. The lowest BCUT2D eigenvalue weighted by Crippen LogP contribution is -2.21. The lowest BCUT2D eigenvalue weighted by atomic mass is 10.0. The Morgan fingerprint density at radius 1 is 1.04 bits per heavy atom. The van der Waals surface area contributed by atoms with E-state index >= 15 is 0 Å². The number of hydrogen-bond donors (Lipinski definition) is 1. The second-order valence-corrected chi connectivity index (χ2v) is 5.48. The van der Waals surface area contributed by atoms with Crippen LogP contribution in [-0.4, -0.2) is 21.5 Å². The molecule has 1 heterocycles. The highest BCUT2D eigenvalue weighted by atomic mass is 16.7. The topological polar surface area (TPSA) is 76.4 Å². The molecule has 0 aliphatic rings. The fraction of sp³-hybridized carbons (Fsp3) is 0.105. The third kappa shape index (κ3) is 3.42. The van der Waals surface area contributed by atoms with Crippen molar-refractivity contribution in [1.29, 1.82) is 0 Å². The summed E-state index contributed by atoms with van der Waals surface area (Å²) < 4.78 is 1.44. The summed E-state index contributed by atoms with van der Waals surface area (Å²) in [5.74, 6) is -0.551. The molecule has 6 heteroatoms. The first-order valence-electron chi connectivity index (χ1n) is 7.76. The van der Waals surface area contributed by atoms with E-state index in [9.17, 15) is 9.59 Å². The molecule has 2 aromatic carbocycles. The lowest BCUT2D eigenvalue weighted by Gasteiger charge is -2.04. The molecule has 3 rings (SSSR count). The summed E-state index contributed by atoms with van der Waals surface area (Å²) in [4.78, 5) is 29.0. The van der Waals surface area contributed by atoms with Crippen molar-refractivity contribution in [2.24, 2.45) is 5.16 Å². The second kappa shape index (κ2) is 7.00. The van der Waals surface area contributed by atoms with E-state index in [2.05, 4.69) is 10.3 Å². The van der Waals surface area contributed by atoms with Gasteiger partial charge in [-0.05, 0) is 19.1 Å². The molecule has 0 atom stereocenters. The molecule has 0 fully saturated rings. The molecular weight excluding hydrogens is 318 g/mol. The number of carbonyl (C=O) groups is 1. The number of aryl methyl sites for hydroxylation is 1. The Bertz CT molecular complexity index is 970. The molecule has 25 heavy (non-hydrogen) atoms. The maximum Gasteiger partial charge on any atom is 0.332 e. The lowest BCUT2D eigenvalue weighted by molar-refractivity contribution is -0.140. The summed E-state index contributed by atoms with van der Waals surface area (Å²) in [6.07, 6.45) is 0. The van der Waals surface area contributed by atoms with E-state index in [0.717, 1.165) is 0 Å². The van der Waals surface area contributed by atoms with E-state index in [4.69, 9.17) is 4.84 Å². The zero-order chi connectivity index (χ0) is 17.8. The summed E-state index contributed by atoms with van der Waals surface area (Å²) in [6, 6.07) is 18.4. The first-order valence-corrected chi connectivity index (χ1v) is 7.76. The van der Waals surface area contributed by atoms with Crippen molar-refractivity contribution >= 4 is 11.7 Å². The van der Waals surface area contributed by atoms with Crippen LogP contribution in [0.3, 0.4) is 0 Å². The first-order chi connectivity index (χ1) is 12.1. The molecule has 0 unspecified atom stereocenters. The molecule has 1 aromatic heterocycles. The van der Waals surface area contributed by atoms with Crippen molar-refractivity contribution in [3.63, 3.8) is 0 Å². The monoisotopic (exact) mass is 335 g/mol. The minimum atomic E-state index is -0.551. The molecule has 0 saturated carbocycles. The third-order valence-corrected chi connectivity index (χ3v) is 3.64. The summed E-state index contributed by atoms with van der Waals surface area (Å²) >= 11 is 0. The Kier molecular flexibility index (Phi) is 4.61. The van der Waals surface area contributed by atoms with Crippen LogP contribution in [0.5, 0.6) is 0 Å². The quantitative estimate of drug-likeness (QED) is 0.452. The highest BCUT2D eigenvalue weighted by Crippen LogP contribution is 2.13. The molecule has 0 amide bonds. The predicted molar refractivity (Wildman–Crippen MR) is 95.0 cm³/mol. The Labute approximate surface area is 144 Å². The number of carbonyl (C=O) groups excluding carboxylic acids is 1. The summed E-state index contributed by atoms with van der Waals surface area (Å²) in [6.45, 7) is 3.04. The number of para-hydroxylation sites is 1. The molecule has 126 valence electrons. The van der Waals surface area contributed by atoms with E-state index in [1.54, 1.807) is 19.1 Å². The maximum atomic E-state index is 13.0. The smallest absolute Gasteiger partial charge is 0.318 e. The minimum absolute atomic E-state index is 0.265. The number of oxime groups is 1. The van der Waals surface area contributed by atoms with Crippen LogP contribution < -0.4 is 5.56 Å². The van der Waals surface area contributed by atoms with Gasteiger partial charge in [0, 0.05) is 18.2 Å². The largest absolute Gasteiger partial charge is 0.332 e. The van der Waals surface area contributed by atoms with Crippen molar-refractivity contribution < 1.29 is 9.63 Å². The Hall–Kier alpha value is -3.41. The van der Waals surface area contributed by atoms with Crippen molar-refractivity contribution in [3.8, 4) is 5.69 Å². The molecule has 1 N–H and O–H groups in total. The highest BCUT2D eigenvalue weighted by molar-refractivity contribution is 6.13. The molecule has 0 bridgehead atoms. The standard InChI is InChI=1S/C19H17N3O3/c1-13-17(19(24)22(20-13)16-11-7-4-8-12-16)18(21-25-14(2)23)15-9-5-3-6-10-15/h3-12,20H,1-2H3/b21-18+. The van der Waals surface area contributed by atoms with E-state index in [0.29, 0.717) is 28.2 Å². The molecular formula is C19H17N3O3. The van der Waals surface area contributed by atoms with Gasteiger partial charge in [0.15, 0.2) is 0 Å². The highest BCUT2D eigenvalue weighted by Gasteiger charge is 2.20. The predicted octanol–water partition coefficient (Wildman–Crippen LogP) is 2.79. The Balaban J connectivity index is 2.18. The van der Waals surface area contributed by atoms with Crippen molar-refractivity contribution in [2.45, 2.75) is 13.8 Å². The van der Waals surface area contributed by atoms with Crippen LogP contribution in [0.15, 0.2) is 70.6 Å². The van der Waals surface area contributed by atoms with Gasteiger partial charge in [-0.1, -0.05) is 53.7 Å². The van der Waals surface area contributed by atoms with Crippen LogP contribution in [0, 0.1) is 6.92 Å². The Morgan fingerprint density at radius 2 is 1.64 bits per heavy atom. The number of H-pyrrole nitrogens is 1. The van der Waals surface area contributed by atoms with Crippen LogP contribution in [0.4, 0.5) is 0 Å². The van der Waals surface area contributed by atoms with Gasteiger partial charge < -0.3 is 4.84 Å². The van der Waals surface area contributed by atoms with Gasteiger partial charge >= 0.3 is 5.97 Å². The molecule has 0 radical (unpaired) electrons. The van der Waals surface area contributed by atoms with Crippen molar-refractivity contribution in [2.75, 3.05) is 0 Å². The number of hydrogen-bond acceptors (Lipinski definition) is 4. The van der Waals surface area contributed by atoms with Crippen LogP contribution in [0.2, 0.25) is 0 Å². The van der Waals surface area contributed by atoms with E-state index in [-0.39, 0.29) is 5.56 Å². The van der Waals surface area contributed by atoms with Gasteiger partial charge in [0.05, 0.1) is 11.3 Å². The SMILES string of the molecule is CC(=O)O/N=C(\c1ccccc1)c1c(C)[nH]n(-c2ccccc2)c1=O.